The zero-order chi connectivity index (χ0) is 10.1. The van der Waals surface area contributed by atoms with Gasteiger partial charge in [-0.15, -0.1) is 0 Å². The molecule has 0 saturated carbocycles. The molecule has 0 aliphatic carbocycles. The quantitative estimate of drug-likeness (QED) is 0.784. The summed E-state index contributed by atoms with van der Waals surface area (Å²) in [6.45, 7) is 0.605. The Kier molecular flexibility index (Phi) is 2.52. The van der Waals surface area contributed by atoms with Gasteiger partial charge in [0.05, 0.1) is 12.8 Å². The second kappa shape index (κ2) is 3.67. The summed E-state index contributed by atoms with van der Waals surface area (Å²) >= 11 is 6.08. The van der Waals surface area contributed by atoms with E-state index in [1.807, 2.05) is 12.1 Å². The van der Waals surface area contributed by atoms with E-state index in [9.17, 15) is 0 Å². The number of ether oxygens (including phenoxy) is 1. The fraction of sp³-hybridized carbons (Fsp3) is 0.400. The number of rotatable bonds is 2. The van der Waals surface area contributed by atoms with Crippen LogP contribution in [0.2, 0.25) is 5.02 Å². The Morgan fingerprint density at radius 1 is 1.64 bits per heavy atom. The van der Waals surface area contributed by atoms with Crippen molar-refractivity contribution in [2.45, 2.75) is 12.5 Å². The number of methoxy groups -OCH3 is 1. The molecule has 2 rings (SSSR count). The fourth-order valence-electron chi connectivity index (χ4n) is 1.77. The lowest BCUT2D eigenvalue weighted by atomic mass is 10.1. The zero-order valence-electron chi connectivity index (χ0n) is 8.01. The largest absolute Gasteiger partial charge is 0.495 e. The first-order valence-electron chi connectivity index (χ1n) is 4.58. The maximum Gasteiger partial charge on any atom is 0.142 e. The SMILES string of the molecule is COc1ccc(Cl)c2c1NC(CN)C2. The first kappa shape index (κ1) is 9.62. The van der Waals surface area contributed by atoms with Crippen LogP contribution in [0.15, 0.2) is 12.1 Å². The lowest BCUT2D eigenvalue weighted by Gasteiger charge is -2.09. The molecule has 0 radical (unpaired) electrons. The van der Waals surface area contributed by atoms with E-state index < -0.39 is 0 Å². The Morgan fingerprint density at radius 2 is 2.43 bits per heavy atom. The van der Waals surface area contributed by atoms with Crippen molar-refractivity contribution in [3.05, 3.63) is 22.7 Å². The van der Waals surface area contributed by atoms with Crippen LogP contribution in [0.5, 0.6) is 5.75 Å². The highest BCUT2D eigenvalue weighted by Gasteiger charge is 2.24. The molecule has 0 spiro atoms. The Morgan fingerprint density at radius 3 is 3.07 bits per heavy atom. The molecule has 0 fully saturated rings. The van der Waals surface area contributed by atoms with Crippen LogP contribution in [0, 0.1) is 0 Å². The van der Waals surface area contributed by atoms with Crippen LogP contribution in [0.3, 0.4) is 0 Å². The molecule has 0 bridgehead atoms. The summed E-state index contributed by atoms with van der Waals surface area (Å²) < 4.78 is 5.24. The molecule has 1 aliphatic heterocycles. The van der Waals surface area contributed by atoms with E-state index in [2.05, 4.69) is 5.32 Å². The lowest BCUT2D eigenvalue weighted by molar-refractivity contribution is 0.416. The minimum absolute atomic E-state index is 0.277. The van der Waals surface area contributed by atoms with E-state index in [1.165, 1.54) is 0 Å². The second-order valence-corrected chi connectivity index (χ2v) is 3.79. The van der Waals surface area contributed by atoms with Crippen LogP contribution in [0.25, 0.3) is 0 Å². The molecule has 3 nitrogen and oxygen atoms in total. The number of hydrogen-bond acceptors (Lipinski definition) is 3. The lowest BCUT2D eigenvalue weighted by Crippen LogP contribution is -2.25. The monoisotopic (exact) mass is 212 g/mol. The number of nitrogens with two attached hydrogens (primary N) is 1. The Balaban J connectivity index is 2.42. The van der Waals surface area contributed by atoms with Crippen molar-refractivity contribution in [2.75, 3.05) is 19.0 Å². The summed E-state index contributed by atoms with van der Waals surface area (Å²) in [6, 6.07) is 4.01. The van der Waals surface area contributed by atoms with Gasteiger partial charge in [-0.3, -0.25) is 0 Å². The van der Waals surface area contributed by atoms with Crippen LogP contribution >= 0.6 is 11.6 Å². The van der Waals surface area contributed by atoms with Crippen molar-refractivity contribution >= 4 is 17.3 Å². The topological polar surface area (TPSA) is 47.3 Å². The van der Waals surface area contributed by atoms with Crippen molar-refractivity contribution in [1.82, 2.24) is 0 Å². The molecule has 4 heteroatoms. The summed E-state index contributed by atoms with van der Waals surface area (Å²) in [5.41, 5.74) is 7.72. The first-order valence-corrected chi connectivity index (χ1v) is 4.96. The zero-order valence-corrected chi connectivity index (χ0v) is 8.77. The Hall–Kier alpha value is -0.930. The van der Waals surface area contributed by atoms with Gasteiger partial charge in [0.2, 0.25) is 0 Å². The highest BCUT2D eigenvalue weighted by molar-refractivity contribution is 6.32. The third kappa shape index (κ3) is 1.42. The molecular weight excluding hydrogens is 200 g/mol. The van der Waals surface area contributed by atoms with Gasteiger partial charge in [0.25, 0.3) is 0 Å². The molecule has 0 saturated heterocycles. The van der Waals surface area contributed by atoms with Gasteiger partial charge >= 0.3 is 0 Å². The Labute approximate surface area is 88.2 Å². The van der Waals surface area contributed by atoms with E-state index in [0.29, 0.717) is 6.54 Å². The molecule has 1 aromatic carbocycles. The number of hydrogen-bond donors (Lipinski definition) is 2. The highest BCUT2D eigenvalue weighted by atomic mass is 35.5. The molecule has 14 heavy (non-hydrogen) atoms. The maximum atomic E-state index is 6.08. The molecule has 1 atom stereocenters. The summed E-state index contributed by atoms with van der Waals surface area (Å²) in [5, 5.41) is 4.09. The van der Waals surface area contributed by atoms with Crippen molar-refractivity contribution in [2.24, 2.45) is 5.73 Å². The van der Waals surface area contributed by atoms with Crippen molar-refractivity contribution < 1.29 is 4.74 Å². The highest BCUT2D eigenvalue weighted by Crippen LogP contribution is 2.38. The average molecular weight is 213 g/mol. The van der Waals surface area contributed by atoms with Gasteiger partial charge < -0.3 is 15.8 Å². The fourth-order valence-corrected chi connectivity index (χ4v) is 2.01. The molecule has 1 aliphatic rings. The molecule has 0 aromatic heterocycles. The third-order valence-corrected chi connectivity index (χ3v) is 2.88. The predicted octanol–water partition coefficient (Wildman–Crippen LogP) is 1.64. The van der Waals surface area contributed by atoms with Crippen LogP contribution < -0.4 is 15.8 Å². The van der Waals surface area contributed by atoms with Gasteiger partial charge in [0, 0.05) is 17.6 Å². The van der Waals surface area contributed by atoms with Crippen LogP contribution in [-0.4, -0.2) is 19.7 Å². The van der Waals surface area contributed by atoms with Gasteiger partial charge in [0.1, 0.15) is 5.75 Å². The molecule has 3 N–H and O–H groups in total. The van der Waals surface area contributed by atoms with Crippen LogP contribution in [-0.2, 0) is 6.42 Å². The van der Waals surface area contributed by atoms with E-state index in [0.717, 1.165) is 28.4 Å². The van der Waals surface area contributed by atoms with Gasteiger partial charge in [-0.2, -0.15) is 0 Å². The Bertz CT molecular complexity index is 354. The van der Waals surface area contributed by atoms with Crippen molar-refractivity contribution in [1.29, 1.82) is 0 Å². The summed E-state index contributed by atoms with van der Waals surface area (Å²) in [5.74, 6) is 0.834. The molecular formula is C10H13ClN2O. The number of halogens is 1. The first-order chi connectivity index (χ1) is 6.76. The van der Waals surface area contributed by atoms with Gasteiger partial charge in [-0.1, -0.05) is 11.6 Å². The molecule has 1 heterocycles. The van der Waals surface area contributed by atoms with Crippen molar-refractivity contribution in [3.8, 4) is 5.75 Å². The number of fused-ring (bicyclic) bond motifs is 1. The van der Waals surface area contributed by atoms with Gasteiger partial charge in [0.15, 0.2) is 0 Å². The van der Waals surface area contributed by atoms with Crippen LogP contribution in [0.4, 0.5) is 5.69 Å². The molecule has 1 aromatic rings. The third-order valence-electron chi connectivity index (χ3n) is 2.52. The number of nitrogens with one attached hydrogen (secondary N) is 1. The second-order valence-electron chi connectivity index (χ2n) is 3.38. The standard InChI is InChI=1S/C10H13ClN2O/c1-14-9-3-2-8(11)7-4-6(5-12)13-10(7)9/h2-3,6,13H,4-5,12H2,1H3. The van der Waals surface area contributed by atoms with Crippen LogP contribution in [0.1, 0.15) is 5.56 Å². The summed E-state index contributed by atoms with van der Waals surface area (Å²) in [4.78, 5) is 0. The van der Waals surface area contributed by atoms with E-state index >= 15 is 0 Å². The van der Waals surface area contributed by atoms with Crippen molar-refractivity contribution in [3.63, 3.8) is 0 Å². The average Bonchev–Trinajstić information content (AvgIpc) is 2.63. The minimum atomic E-state index is 0.277. The van der Waals surface area contributed by atoms with E-state index in [1.54, 1.807) is 7.11 Å². The van der Waals surface area contributed by atoms with E-state index in [-0.39, 0.29) is 6.04 Å². The smallest absolute Gasteiger partial charge is 0.142 e. The van der Waals surface area contributed by atoms with Gasteiger partial charge in [-0.25, -0.2) is 0 Å². The molecule has 76 valence electrons. The molecule has 0 amide bonds. The minimum Gasteiger partial charge on any atom is -0.495 e. The predicted molar refractivity (Wildman–Crippen MR) is 58.2 cm³/mol. The maximum absolute atomic E-state index is 6.08. The molecule has 1 unspecified atom stereocenters. The van der Waals surface area contributed by atoms with Gasteiger partial charge in [-0.05, 0) is 24.1 Å². The number of benzene rings is 1. The summed E-state index contributed by atoms with van der Waals surface area (Å²) in [6.07, 6.45) is 0.877. The summed E-state index contributed by atoms with van der Waals surface area (Å²) in [7, 11) is 1.65. The van der Waals surface area contributed by atoms with E-state index in [4.69, 9.17) is 22.1 Å². The number of anilines is 1. The normalized spacial score (nSPS) is 18.9.